The fourth-order valence-corrected chi connectivity index (χ4v) is 1.18. The maximum Gasteiger partial charge on any atom is 0.229 e. The Kier molecular flexibility index (Phi) is 4.12. The van der Waals surface area contributed by atoms with Crippen molar-refractivity contribution in [3.8, 4) is 23.3 Å². The van der Waals surface area contributed by atoms with Crippen LogP contribution in [0.1, 0.15) is 22.3 Å². The number of benzene rings is 1. The number of phenols is 1. The molecule has 17 heavy (non-hydrogen) atoms. The highest BCUT2D eigenvalue weighted by molar-refractivity contribution is 5.82. The second-order valence-corrected chi connectivity index (χ2v) is 3.17. The fraction of sp³-hybridized carbons (Fsp3) is 0.167. The molecule has 0 bridgehead atoms. The van der Waals surface area contributed by atoms with Gasteiger partial charge in [0.15, 0.2) is 17.8 Å². The van der Waals surface area contributed by atoms with Crippen LogP contribution in [0.4, 0.5) is 0 Å². The quantitative estimate of drug-likeness (QED) is 0.585. The van der Waals surface area contributed by atoms with E-state index in [9.17, 15) is 14.7 Å². The molecule has 0 aliphatic rings. The number of aldehydes is 1. The molecule has 0 fully saturated rings. The van der Waals surface area contributed by atoms with Crippen LogP contribution >= 0.6 is 0 Å². The zero-order valence-corrected chi connectivity index (χ0v) is 9.19. The Balaban J connectivity index is 3.15. The lowest BCUT2D eigenvalue weighted by atomic mass is 10.1. The molecule has 1 rings (SSSR count). The van der Waals surface area contributed by atoms with Crippen LogP contribution in [0.3, 0.4) is 0 Å². The van der Waals surface area contributed by atoms with Crippen molar-refractivity contribution in [2.75, 3.05) is 7.11 Å². The Morgan fingerprint density at radius 1 is 1.59 bits per heavy atom. The van der Waals surface area contributed by atoms with Crippen LogP contribution in [-0.2, 0) is 4.79 Å². The van der Waals surface area contributed by atoms with Crippen LogP contribution < -0.4 is 10.5 Å². The third-order valence-corrected chi connectivity index (χ3v) is 1.96. The Morgan fingerprint density at radius 2 is 2.29 bits per heavy atom. The maximum absolute atomic E-state index is 10.8. The van der Waals surface area contributed by atoms with E-state index in [1.807, 2.05) is 0 Å². The van der Waals surface area contributed by atoms with Gasteiger partial charge in [0.2, 0.25) is 5.91 Å². The number of methoxy groups -OCH3 is 1. The number of hydrogen-bond donors (Lipinski definition) is 2. The third kappa shape index (κ3) is 3.24. The second kappa shape index (κ2) is 5.56. The lowest BCUT2D eigenvalue weighted by Crippen LogP contribution is -2.08. The summed E-state index contributed by atoms with van der Waals surface area (Å²) >= 11 is 0. The van der Waals surface area contributed by atoms with Gasteiger partial charge in [0.05, 0.1) is 13.5 Å². The normalized spacial score (nSPS) is 9.00. The number of hydrogen-bond acceptors (Lipinski definition) is 4. The Labute approximate surface area is 98.2 Å². The molecule has 0 aromatic heterocycles. The van der Waals surface area contributed by atoms with E-state index < -0.39 is 5.91 Å². The summed E-state index contributed by atoms with van der Waals surface area (Å²) in [7, 11) is 1.39. The summed E-state index contributed by atoms with van der Waals surface area (Å²) < 4.78 is 4.89. The van der Waals surface area contributed by atoms with E-state index in [2.05, 4.69) is 11.8 Å². The Bertz CT molecular complexity index is 511. The third-order valence-electron chi connectivity index (χ3n) is 1.96. The van der Waals surface area contributed by atoms with Gasteiger partial charge in [0.1, 0.15) is 0 Å². The molecule has 0 spiro atoms. The summed E-state index contributed by atoms with van der Waals surface area (Å²) in [4.78, 5) is 21.3. The fourth-order valence-electron chi connectivity index (χ4n) is 1.18. The van der Waals surface area contributed by atoms with Crippen LogP contribution in [0.25, 0.3) is 0 Å². The van der Waals surface area contributed by atoms with Gasteiger partial charge in [-0.15, -0.1) is 0 Å². The van der Waals surface area contributed by atoms with Crippen LogP contribution in [-0.4, -0.2) is 24.4 Å². The van der Waals surface area contributed by atoms with Crippen molar-refractivity contribution in [1.82, 2.24) is 0 Å². The first-order valence-electron chi connectivity index (χ1n) is 4.71. The molecule has 0 saturated heterocycles. The van der Waals surface area contributed by atoms with Gasteiger partial charge in [-0.05, 0) is 6.07 Å². The molecule has 1 aromatic rings. The number of nitrogens with two attached hydrogens (primary N) is 1. The molecule has 0 aliphatic carbocycles. The number of carbonyl (C=O) groups excluding carboxylic acids is 2. The zero-order chi connectivity index (χ0) is 12.8. The molecular weight excluding hydrogens is 222 g/mol. The molecule has 5 nitrogen and oxygen atoms in total. The molecule has 0 radical (unpaired) electrons. The molecule has 0 atom stereocenters. The van der Waals surface area contributed by atoms with Crippen molar-refractivity contribution in [1.29, 1.82) is 0 Å². The first-order chi connectivity index (χ1) is 8.08. The SMILES string of the molecule is COc1cc(C#CCC(N)=O)c(C=O)cc1O. The van der Waals surface area contributed by atoms with Crippen LogP contribution in [0.15, 0.2) is 12.1 Å². The van der Waals surface area contributed by atoms with Gasteiger partial charge >= 0.3 is 0 Å². The van der Waals surface area contributed by atoms with E-state index in [1.165, 1.54) is 19.2 Å². The van der Waals surface area contributed by atoms with Crippen molar-refractivity contribution in [3.63, 3.8) is 0 Å². The van der Waals surface area contributed by atoms with Crippen molar-refractivity contribution >= 4 is 12.2 Å². The Morgan fingerprint density at radius 3 is 2.82 bits per heavy atom. The first-order valence-corrected chi connectivity index (χ1v) is 4.71. The van der Waals surface area contributed by atoms with E-state index in [4.69, 9.17) is 10.5 Å². The average Bonchev–Trinajstić information content (AvgIpc) is 2.30. The van der Waals surface area contributed by atoms with E-state index in [-0.39, 0.29) is 23.5 Å². The largest absolute Gasteiger partial charge is 0.504 e. The highest BCUT2D eigenvalue weighted by atomic mass is 16.5. The van der Waals surface area contributed by atoms with E-state index in [1.54, 1.807) is 0 Å². The molecule has 0 heterocycles. The van der Waals surface area contributed by atoms with Gasteiger partial charge in [0.25, 0.3) is 0 Å². The van der Waals surface area contributed by atoms with Gasteiger partial charge < -0.3 is 15.6 Å². The van der Waals surface area contributed by atoms with Crippen molar-refractivity contribution < 1.29 is 19.4 Å². The minimum absolute atomic E-state index is 0.0957. The number of rotatable bonds is 3. The number of primary amides is 1. The van der Waals surface area contributed by atoms with E-state index in [0.717, 1.165) is 0 Å². The summed E-state index contributed by atoms with van der Waals surface area (Å²) in [5.74, 6) is 4.67. The molecule has 0 unspecified atom stereocenters. The highest BCUT2D eigenvalue weighted by Gasteiger charge is 2.07. The molecular formula is C12H11NO4. The first kappa shape index (κ1) is 12.6. The molecule has 1 aromatic carbocycles. The van der Waals surface area contributed by atoms with E-state index >= 15 is 0 Å². The zero-order valence-electron chi connectivity index (χ0n) is 9.19. The van der Waals surface area contributed by atoms with Crippen LogP contribution in [0.2, 0.25) is 0 Å². The topological polar surface area (TPSA) is 89.6 Å². The van der Waals surface area contributed by atoms with E-state index in [0.29, 0.717) is 11.8 Å². The van der Waals surface area contributed by atoms with Gasteiger partial charge in [0, 0.05) is 17.2 Å². The number of aromatic hydroxyl groups is 1. The van der Waals surface area contributed by atoms with Gasteiger partial charge in [-0.3, -0.25) is 9.59 Å². The summed E-state index contributed by atoms with van der Waals surface area (Å²) in [6.07, 6.45) is 0.467. The number of ether oxygens (including phenoxy) is 1. The highest BCUT2D eigenvalue weighted by Crippen LogP contribution is 2.28. The van der Waals surface area contributed by atoms with Gasteiger partial charge in [-0.25, -0.2) is 0 Å². The summed E-state index contributed by atoms with van der Waals surface area (Å²) in [5, 5.41) is 9.45. The van der Waals surface area contributed by atoms with Crippen molar-refractivity contribution in [2.24, 2.45) is 5.73 Å². The summed E-state index contributed by atoms with van der Waals surface area (Å²) in [6.45, 7) is 0. The Hall–Kier alpha value is -2.48. The van der Waals surface area contributed by atoms with Crippen molar-refractivity contribution in [3.05, 3.63) is 23.3 Å². The number of phenolic OH excluding ortho intramolecular Hbond substituents is 1. The monoisotopic (exact) mass is 233 g/mol. The minimum Gasteiger partial charge on any atom is -0.504 e. The molecule has 0 saturated carbocycles. The standard InChI is InChI=1S/C12H11NO4/c1-17-11-6-8(3-2-4-12(13)16)9(7-14)5-10(11)15/h5-7,15H,4H2,1H3,(H2,13,16). The summed E-state index contributed by atoms with van der Waals surface area (Å²) in [6, 6.07) is 2.67. The molecule has 0 aliphatic heterocycles. The van der Waals surface area contributed by atoms with Gasteiger partial charge in [-0.2, -0.15) is 0 Å². The van der Waals surface area contributed by atoms with Crippen molar-refractivity contribution in [2.45, 2.75) is 6.42 Å². The lowest BCUT2D eigenvalue weighted by molar-refractivity contribution is -0.117. The molecule has 5 heteroatoms. The number of amides is 1. The van der Waals surface area contributed by atoms with Gasteiger partial charge in [-0.1, -0.05) is 11.8 Å². The predicted octanol–water partition coefficient (Wildman–Crippen LogP) is 0.440. The summed E-state index contributed by atoms with van der Waals surface area (Å²) in [5.41, 5.74) is 5.53. The smallest absolute Gasteiger partial charge is 0.229 e. The molecule has 3 N–H and O–H groups in total. The molecule has 88 valence electrons. The minimum atomic E-state index is -0.545. The van der Waals surface area contributed by atoms with Crippen LogP contribution in [0, 0.1) is 11.8 Å². The van der Waals surface area contributed by atoms with Crippen LogP contribution in [0.5, 0.6) is 11.5 Å². The lowest BCUT2D eigenvalue weighted by Gasteiger charge is -2.05. The second-order valence-electron chi connectivity index (χ2n) is 3.17. The average molecular weight is 233 g/mol. The maximum atomic E-state index is 10.8. The number of carbonyl (C=O) groups is 2. The predicted molar refractivity (Wildman–Crippen MR) is 60.7 cm³/mol. The molecule has 1 amide bonds.